The van der Waals surface area contributed by atoms with Gasteiger partial charge < -0.3 is 5.11 Å². The van der Waals surface area contributed by atoms with Crippen LogP contribution >= 0.6 is 11.8 Å². The quantitative estimate of drug-likeness (QED) is 0.869. The second-order valence-corrected chi connectivity index (χ2v) is 4.42. The maximum atomic E-state index is 10.4. The Bertz CT molecular complexity index is 524. The summed E-state index contributed by atoms with van der Waals surface area (Å²) in [6, 6.07) is 3.92. The smallest absolute Gasteiger partial charge is 0.313 e. The third-order valence-corrected chi connectivity index (χ3v) is 3.01. The molecule has 2 heterocycles. The molecule has 5 nitrogen and oxygen atoms in total. The number of hydrogen-bond donors (Lipinski definition) is 1. The number of nitrogens with zero attached hydrogens (tertiary/aromatic N) is 3. The summed E-state index contributed by atoms with van der Waals surface area (Å²) < 4.78 is 1.88. The predicted octanol–water partition coefficient (Wildman–Crippen LogP) is 1.36. The summed E-state index contributed by atoms with van der Waals surface area (Å²) in [5.74, 6) is 0.605. The second-order valence-electron chi connectivity index (χ2n) is 3.44. The second kappa shape index (κ2) is 4.52. The van der Waals surface area contributed by atoms with Gasteiger partial charge in [-0.05, 0) is 24.6 Å². The van der Waals surface area contributed by atoms with E-state index in [9.17, 15) is 4.79 Å². The molecule has 2 aromatic rings. The largest absolute Gasteiger partial charge is 0.481 e. The molecule has 0 unspecified atom stereocenters. The lowest BCUT2D eigenvalue weighted by molar-refractivity contribution is -0.133. The molecule has 0 atom stereocenters. The van der Waals surface area contributed by atoms with Crippen LogP contribution in [0.2, 0.25) is 0 Å². The van der Waals surface area contributed by atoms with Crippen LogP contribution in [0.4, 0.5) is 0 Å². The third kappa shape index (κ3) is 2.33. The maximum Gasteiger partial charge on any atom is 0.313 e. The van der Waals surface area contributed by atoms with Crippen LogP contribution in [0.3, 0.4) is 0 Å². The minimum Gasteiger partial charge on any atom is -0.481 e. The molecule has 1 N–H and O–H groups in total. The van der Waals surface area contributed by atoms with E-state index in [2.05, 4.69) is 10.2 Å². The number of aryl methyl sites for hydroxylation is 1. The molecule has 0 bridgehead atoms. The highest BCUT2D eigenvalue weighted by molar-refractivity contribution is 7.99. The van der Waals surface area contributed by atoms with Crippen LogP contribution in [-0.4, -0.2) is 31.4 Å². The first kappa shape index (κ1) is 10.9. The number of carboxylic acids is 1. The highest BCUT2D eigenvalue weighted by Gasteiger charge is 2.06. The summed E-state index contributed by atoms with van der Waals surface area (Å²) in [6.45, 7) is 1.99. The average Bonchev–Trinajstić information content (AvgIpc) is 2.60. The van der Waals surface area contributed by atoms with Crippen LogP contribution in [0.5, 0.6) is 0 Å². The number of carbonyl (C=O) groups is 1. The topological polar surface area (TPSA) is 67.5 Å². The van der Waals surface area contributed by atoms with E-state index in [-0.39, 0.29) is 5.75 Å². The molecular weight excluding hydrogens is 226 g/mol. The van der Waals surface area contributed by atoms with Crippen molar-refractivity contribution in [3.63, 3.8) is 0 Å². The summed E-state index contributed by atoms with van der Waals surface area (Å²) in [5.41, 5.74) is 1.93. The molecular formula is C10H11N3O2S. The van der Waals surface area contributed by atoms with Gasteiger partial charge in [-0.15, -0.1) is 22.0 Å². The number of aliphatic carboxylic acids is 1. The van der Waals surface area contributed by atoms with Crippen LogP contribution in [0.1, 0.15) is 11.4 Å². The van der Waals surface area contributed by atoms with Crippen LogP contribution in [-0.2, 0) is 10.5 Å². The van der Waals surface area contributed by atoms with Gasteiger partial charge in [0.15, 0.2) is 5.65 Å². The van der Waals surface area contributed by atoms with Gasteiger partial charge in [-0.3, -0.25) is 9.20 Å². The van der Waals surface area contributed by atoms with Crippen LogP contribution < -0.4 is 0 Å². The van der Waals surface area contributed by atoms with Gasteiger partial charge in [0.2, 0.25) is 0 Å². The standard InChI is InChI=1S/C10H11N3O2S/c1-7-2-3-13-8(4-7)11-12-9(13)5-16-6-10(14)15/h2-4H,5-6H2,1H3,(H,14,15). The predicted molar refractivity (Wildman–Crippen MR) is 61.5 cm³/mol. The molecule has 0 aliphatic rings. The van der Waals surface area contributed by atoms with Crippen molar-refractivity contribution in [2.24, 2.45) is 0 Å². The molecule has 84 valence electrons. The Hall–Kier alpha value is -1.56. The van der Waals surface area contributed by atoms with E-state index in [0.717, 1.165) is 17.0 Å². The molecule has 0 fully saturated rings. The maximum absolute atomic E-state index is 10.4. The van der Waals surface area contributed by atoms with Crippen molar-refractivity contribution in [2.75, 3.05) is 5.75 Å². The van der Waals surface area contributed by atoms with E-state index in [4.69, 9.17) is 5.11 Å². The summed E-state index contributed by atoms with van der Waals surface area (Å²) in [6.07, 6.45) is 1.90. The van der Waals surface area contributed by atoms with Crippen molar-refractivity contribution < 1.29 is 9.90 Å². The van der Waals surface area contributed by atoms with Crippen molar-refractivity contribution in [2.45, 2.75) is 12.7 Å². The van der Waals surface area contributed by atoms with Crippen molar-refractivity contribution in [1.29, 1.82) is 0 Å². The number of pyridine rings is 1. The molecule has 0 saturated heterocycles. The van der Waals surface area contributed by atoms with Crippen molar-refractivity contribution in [1.82, 2.24) is 14.6 Å². The first-order valence-electron chi connectivity index (χ1n) is 4.76. The van der Waals surface area contributed by atoms with Gasteiger partial charge in [-0.25, -0.2) is 0 Å². The molecule has 2 rings (SSSR count). The van der Waals surface area contributed by atoms with Crippen LogP contribution in [0, 0.1) is 6.92 Å². The molecule has 0 radical (unpaired) electrons. The zero-order valence-electron chi connectivity index (χ0n) is 8.75. The minimum absolute atomic E-state index is 0.0841. The van der Waals surface area contributed by atoms with Gasteiger partial charge in [-0.1, -0.05) is 0 Å². The van der Waals surface area contributed by atoms with Gasteiger partial charge in [-0.2, -0.15) is 0 Å². The van der Waals surface area contributed by atoms with E-state index in [0.29, 0.717) is 5.75 Å². The number of thioether (sulfide) groups is 1. The van der Waals surface area contributed by atoms with E-state index in [1.165, 1.54) is 11.8 Å². The molecule has 0 aromatic carbocycles. The zero-order valence-corrected chi connectivity index (χ0v) is 9.57. The molecule has 2 aromatic heterocycles. The minimum atomic E-state index is -0.810. The molecule has 6 heteroatoms. The van der Waals surface area contributed by atoms with Crippen LogP contribution in [0.25, 0.3) is 5.65 Å². The van der Waals surface area contributed by atoms with Gasteiger partial charge in [0.1, 0.15) is 5.82 Å². The van der Waals surface area contributed by atoms with Gasteiger partial charge in [0, 0.05) is 6.20 Å². The Morgan fingerprint density at radius 3 is 3.12 bits per heavy atom. The first-order chi connectivity index (χ1) is 7.66. The highest BCUT2D eigenvalue weighted by atomic mass is 32.2. The Kier molecular flexibility index (Phi) is 3.09. The molecule has 0 aliphatic heterocycles. The number of hydrogen-bond acceptors (Lipinski definition) is 4. The number of rotatable bonds is 4. The van der Waals surface area contributed by atoms with Gasteiger partial charge in [0.25, 0.3) is 0 Å². The molecule has 0 amide bonds. The molecule has 0 aliphatic carbocycles. The highest BCUT2D eigenvalue weighted by Crippen LogP contribution is 2.12. The number of fused-ring (bicyclic) bond motifs is 1. The van der Waals surface area contributed by atoms with Crippen LogP contribution in [0.15, 0.2) is 18.3 Å². The zero-order chi connectivity index (χ0) is 11.5. The van der Waals surface area contributed by atoms with Gasteiger partial charge >= 0.3 is 5.97 Å². The van der Waals surface area contributed by atoms with E-state index < -0.39 is 5.97 Å². The van der Waals surface area contributed by atoms with Crippen molar-refractivity contribution in [3.8, 4) is 0 Å². The normalized spacial score (nSPS) is 10.8. The lowest BCUT2D eigenvalue weighted by atomic mass is 10.3. The average molecular weight is 237 g/mol. The van der Waals surface area contributed by atoms with Crippen molar-refractivity contribution in [3.05, 3.63) is 29.7 Å². The Morgan fingerprint density at radius 2 is 2.38 bits per heavy atom. The van der Waals surface area contributed by atoms with E-state index in [1.807, 2.05) is 29.7 Å². The number of aromatic nitrogens is 3. The molecule has 0 spiro atoms. The molecule has 16 heavy (non-hydrogen) atoms. The summed E-state index contributed by atoms with van der Waals surface area (Å²) in [7, 11) is 0. The van der Waals surface area contributed by atoms with E-state index >= 15 is 0 Å². The Balaban J connectivity index is 2.15. The Labute approximate surface area is 96.5 Å². The van der Waals surface area contributed by atoms with E-state index in [1.54, 1.807) is 0 Å². The monoisotopic (exact) mass is 237 g/mol. The third-order valence-electron chi connectivity index (χ3n) is 2.09. The lowest BCUT2D eigenvalue weighted by Crippen LogP contribution is -2.00. The molecule has 0 saturated carbocycles. The number of carboxylic acid groups (broad SMARTS) is 1. The summed E-state index contributed by atoms with van der Waals surface area (Å²) in [4.78, 5) is 10.4. The SMILES string of the molecule is Cc1ccn2c(CSCC(=O)O)nnc2c1. The fourth-order valence-electron chi connectivity index (χ4n) is 1.37. The summed E-state index contributed by atoms with van der Waals surface area (Å²) in [5, 5.41) is 16.6. The van der Waals surface area contributed by atoms with Crippen molar-refractivity contribution >= 4 is 23.4 Å². The lowest BCUT2D eigenvalue weighted by Gasteiger charge is -1.99. The fourth-order valence-corrected chi connectivity index (χ4v) is 2.03. The summed E-state index contributed by atoms with van der Waals surface area (Å²) >= 11 is 1.32. The van der Waals surface area contributed by atoms with Gasteiger partial charge in [0.05, 0.1) is 11.5 Å². The Morgan fingerprint density at radius 1 is 1.56 bits per heavy atom. The first-order valence-corrected chi connectivity index (χ1v) is 5.92. The fraction of sp³-hybridized carbons (Fsp3) is 0.300.